The minimum atomic E-state index is -0.641. The Morgan fingerprint density at radius 2 is 2.00 bits per heavy atom. The predicted molar refractivity (Wildman–Crippen MR) is 126 cm³/mol. The van der Waals surface area contributed by atoms with Crippen molar-refractivity contribution in [1.82, 2.24) is 14.8 Å². The van der Waals surface area contributed by atoms with E-state index in [1.165, 1.54) is 12.1 Å². The van der Waals surface area contributed by atoms with E-state index in [0.717, 1.165) is 30.8 Å². The van der Waals surface area contributed by atoms with Gasteiger partial charge in [0.2, 0.25) is 0 Å². The Morgan fingerprint density at radius 1 is 1.21 bits per heavy atom. The van der Waals surface area contributed by atoms with Crippen LogP contribution >= 0.6 is 0 Å². The number of carbonyl (C=O) groups excluding carboxylic acids is 2. The number of aromatic amines is 1. The molecule has 34 heavy (non-hydrogen) atoms. The van der Waals surface area contributed by atoms with Crippen LogP contribution in [0.25, 0.3) is 11.6 Å². The fourth-order valence-electron chi connectivity index (χ4n) is 5.02. The lowest BCUT2D eigenvalue weighted by molar-refractivity contribution is -0.110. The Kier molecular flexibility index (Phi) is 6.24. The van der Waals surface area contributed by atoms with Crippen LogP contribution in [0.5, 0.6) is 0 Å². The molecule has 1 unspecified atom stereocenters. The molecular formula is C25H29FN4O4. The van der Waals surface area contributed by atoms with Gasteiger partial charge in [0.05, 0.1) is 30.5 Å². The second-order valence-electron chi connectivity index (χ2n) is 9.14. The fourth-order valence-corrected chi connectivity index (χ4v) is 5.02. The van der Waals surface area contributed by atoms with Crippen LogP contribution in [0.3, 0.4) is 0 Å². The molecule has 8 nitrogen and oxygen atoms in total. The van der Waals surface area contributed by atoms with E-state index in [-0.39, 0.29) is 18.4 Å². The number of aliphatic hydroxyl groups excluding tert-OH is 1. The standard InChI is InChI=1S/C25H29FN4O4/c1-15-22(12-19-18-11-16(26)4-5-20(18)28-24(19)32)27-21-3-2-6-30(25(33)23(15)21)14-17(31)13-29-7-9-34-10-8-29/h4-5,11-12,17,27,31H,2-3,6-10,13-14H2,1H3,(H,28,32). The largest absolute Gasteiger partial charge is 0.390 e. The monoisotopic (exact) mass is 468 g/mol. The number of nitrogens with one attached hydrogen (secondary N) is 2. The molecule has 3 aliphatic heterocycles. The molecule has 9 heteroatoms. The van der Waals surface area contributed by atoms with Gasteiger partial charge in [-0.15, -0.1) is 0 Å². The van der Waals surface area contributed by atoms with Crippen molar-refractivity contribution in [3.05, 3.63) is 52.1 Å². The number of morpholine rings is 1. The van der Waals surface area contributed by atoms with Crippen molar-refractivity contribution >= 4 is 29.2 Å². The summed E-state index contributed by atoms with van der Waals surface area (Å²) in [5, 5.41) is 13.4. The molecule has 3 N–H and O–H groups in total. The zero-order chi connectivity index (χ0) is 23.8. The Hall–Kier alpha value is -3.01. The van der Waals surface area contributed by atoms with Gasteiger partial charge in [-0.25, -0.2) is 4.39 Å². The number of nitrogens with zero attached hydrogens (tertiary/aromatic N) is 2. The summed E-state index contributed by atoms with van der Waals surface area (Å²) in [5.74, 6) is -0.833. The number of carbonyl (C=O) groups is 2. The van der Waals surface area contributed by atoms with Crippen molar-refractivity contribution < 1.29 is 23.8 Å². The molecule has 1 aromatic carbocycles. The molecule has 0 radical (unpaired) electrons. The Balaban J connectivity index is 1.38. The minimum Gasteiger partial charge on any atom is -0.390 e. The molecule has 4 heterocycles. The number of aliphatic hydroxyl groups is 1. The van der Waals surface area contributed by atoms with E-state index < -0.39 is 11.9 Å². The van der Waals surface area contributed by atoms with Crippen molar-refractivity contribution in [3.63, 3.8) is 0 Å². The van der Waals surface area contributed by atoms with Gasteiger partial charge in [0.25, 0.3) is 11.8 Å². The van der Waals surface area contributed by atoms with Crippen molar-refractivity contribution in [1.29, 1.82) is 0 Å². The third kappa shape index (κ3) is 4.38. The van der Waals surface area contributed by atoms with Crippen LogP contribution < -0.4 is 5.32 Å². The number of anilines is 1. The molecule has 5 rings (SSSR count). The highest BCUT2D eigenvalue weighted by molar-refractivity contribution is 6.34. The third-order valence-corrected chi connectivity index (χ3v) is 6.78. The number of ether oxygens (including phenoxy) is 1. The predicted octanol–water partition coefficient (Wildman–Crippen LogP) is 2.04. The topological polar surface area (TPSA) is 97.9 Å². The maximum absolute atomic E-state index is 13.8. The van der Waals surface area contributed by atoms with Crippen LogP contribution in [0.4, 0.5) is 10.1 Å². The Bertz CT molecular complexity index is 1150. The van der Waals surface area contributed by atoms with E-state index >= 15 is 0 Å². The normalized spacial score (nSPS) is 20.8. The van der Waals surface area contributed by atoms with Crippen molar-refractivity contribution in [3.8, 4) is 0 Å². The molecule has 0 spiro atoms. The lowest BCUT2D eigenvalue weighted by Crippen LogP contribution is -2.46. The first-order chi connectivity index (χ1) is 16.4. The molecule has 2 amide bonds. The highest BCUT2D eigenvalue weighted by Gasteiger charge is 2.30. The second-order valence-corrected chi connectivity index (χ2v) is 9.14. The highest BCUT2D eigenvalue weighted by Crippen LogP contribution is 2.35. The fraction of sp³-hybridized carbons (Fsp3) is 0.440. The average molecular weight is 469 g/mol. The minimum absolute atomic E-state index is 0.116. The maximum atomic E-state index is 13.8. The molecule has 1 aromatic heterocycles. The number of fused-ring (bicyclic) bond motifs is 2. The second kappa shape index (κ2) is 9.32. The van der Waals surface area contributed by atoms with Gasteiger partial charge < -0.3 is 25.0 Å². The summed E-state index contributed by atoms with van der Waals surface area (Å²) in [7, 11) is 0. The first-order valence-corrected chi connectivity index (χ1v) is 11.7. The van der Waals surface area contributed by atoms with Gasteiger partial charge >= 0.3 is 0 Å². The molecule has 0 bridgehead atoms. The third-order valence-electron chi connectivity index (χ3n) is 6.78. The van der Waals surface area contributed by atoms with Gasteiger partial charge in [-0.2, -0.15) is 0 Å². The number of benzene rings is 1. The number of β-amino-alcohol motifs (C(OH)–C–C–N with tert-alkyl or cyclic N) is 1. The van der Waals surface area contributed by atoms with E-state index in [9.17, 15) is 19.1 Å². The quantitative estimate of drug-likeness (QED) is 0.584. The van der Waals surface area contributed by atoms with E-state index in [1.807, 2.05) is 6.92 Å². The van der Waals surface area contributed by atoms with Crippen LogP contribution in [0.2, 0.25) is 0 Å². The Morgan fingerprint density at radius 3 is 2.79 bits per heavy atom. The summed E-state index contributed by atoms with van der Waals surface area (Å²) in [5.41, 5.74) is 4.28. The molecule has 1 atom stereocenters. The zero-order valence-corrected chi connectivity index (χ0v) is 19.2. The summed E-state index contributed by atoms with van der Waals surface area (Å²) in [6, 6.07) is 4.19. The molecule has 1 fully saturated rings. The number of halogens is 1. The molecule has 2 aromatic rings. The van der Waals surface area contributed by atoms with Crippen molar-refractivity contribution in [2.75, 3.05) is 51.3 Å². The summed E-state index contributed by atoms with van der Waals surface area (Å²) >= 11 is 0. The van der Waals surface area contributed by atoms with E-state index in [0.29, 0.717) is 60.8 Å². The highest BCUT2D eigenvalue weighted by atomic mass is 19.1. The van der Waals surface area contributed by atoms with Crippen molar-refractivity contribution in [2.45, 2.75) is 25.9 Å². The van der Waals surface area contributed by atoms with Crippen LogP contribution in [0.15, 0.2) is 18.2 Å². The summed E-state index contributed by atoms with van der Waals surface area (Å²) in [4.78, 5) is 33.2. The van der Waals surface area contributed by atoms with E-state index in [4.69, 9.17) is 4.74 Å². The zero-order valence-electron chi connectivity index (χ0n) is 19.2. The summed E-state index contributed by atoms with van der Waals surface area (Å²) in [6.45, 7) is 6.10. The molecule has 1 saturated heterocycles. The maximum Gasteiger partial charge on any atom is 0.256 e. The first kappa shape index (κ1) is 22.8. The number of H-pyrrole nitrogens is 1. The van der Waals surface area contributed by atoms with Gasteiger partial charge in [0.15, 0.2) is 0 Å². The number of aromatic nitrogens is 1. The van der Waals surface area contributed by atoms with Gasteiger partial charge in [-0.1, -0.05) is 0 Å². The molecule has 0 saturated carbocycles. The van der Waals surface area contributed by atoms with E-state index in [1.54, 1.807) is 17.0 Å². The lowest BCUT2D eigenvalue weighted by atomic mass is 10.0. The number of aryl methyl sites for hydroxylation is 1. The first-order valence-electron chi connectivity index (χ1n) is 11.7. The average Bonchev–Trinajstić information content (AvgIpc) is 3.23. The Labute approximate surface area is 197 Å². The van der Waals surface area contributed by atoms with Crippen LogP contribution in [-0.4, -0.2) is 83.7 Å². The molecule has 3 aliphatic rings. The summed E-state index contributed by atoms with van der Waals surface area (Å²) in [6.07, 6.45) is 2.51. The number of rotatable bonds is 5. The van der Waals surface area contributed by atoms with E-state index in [2.05, 4.69) is 15.2 Å². The summed E-state index contributed by atoms with van der Waals surface area (Å²) < 4.78 is 19.2. The molecule has 180 valence electrons. The molecule has 0 aliphatic carbocycles. The lowest BCUT2D eigenvalue weighted by Gasteiger charge is -2.31. The van der Waals surface area contributed by atoms with Gasteiger partial charge in [-0.05, 0) is 49.6 Å². The number of hydrogen-bond acceptors (Lipinski definition) is 5. The van der Waals surface area contributed by atoms with Gasteiger partial charge in [0, 0.05) is 55.4 Å². The van der Waals surface area contributed by atoms with Crippen LogP contribution in [0.1, 0.15) is 39.3 Å². The van der Waals surface area contributed by atoms with Gasteiger partial charge in [-0.3, -0.25) is 14.5 Å². The van der Waals surface area contributed by atoms with Crippen molar-refractivity contribution in [2.24, 2.45) is 0 Å². The number of amides is 2. The molecular weight excluding hydrogens is 439 g/mol. The van der Waals surface area contributed by atoms with Crippen LogP contribution in [-0.2, 0) is 16.0 Å². The van der Waals surface area contributed by atoms with Gasteiger partial charge in [0.1, 0.15) is 5.82 Å². The smallest absolute Gasteiger partial charge is 0.256 e. The van der Waals surface area contributed by atoms with Crippen LogP contribution in [0, 0.1) is 12.7 Å². The number of hydrogen-bond donors (Lipinski definition) is 3. The SMILES string of the molecule is Cc1c(C=C2C(=O)Nc3ccc(F)cc32)[nH]c2c1C(=O)N(CC(O)CN1CCOCC1)CCC2.